The molecule has 0 aliphatic carbocycles. The monoisotopic (exact) mass is 287 g/mol. The van der Waals surface area contributed by atoms with Gasteiger partial charge in [0, 0.05) is 10.5 Å². The molecule has 0 fully saturated rings. The summed E-state index contributed by atoms with van der Waals surface area (Å²) in [5, 5.41) is 3.35. The molecule has 0 saturated carbocycles. The molecule has 0 radical (unpaired) electrons. The predicted octanol–water partition coefficient (Wildman–Crippen LogP) is 3.91. The maximum absolute atomic E-state index is 13.4. The Morgan fingerprint density at radius 3 is 2.69 bits per heavy atom. The molecule has 1 N–H and O–H groups in total. The highest BCUT2D eigenvalue weighted by atomic mass is 79.9. The SMILES string of the molecule is CC(C)NCCCCc1ccc(Br)cc1F. The third kappa shape index (κ3) is 5.08. The second-order valence-corrected chi connectivity index (χ2v) is 5.22. The maximum atomic E-state index is 13.4. The normalized spacial score (nSPS) is 11.1. The van der Waals surface area contributed by atoms with E-state index in [4.69, 9.17) is 0 Å². The van der Waals surface area contributed by atoms with Crippen molar-refractivity contribution in [2.45, 2.75) is 39.2 Å². The van der Waals surface area contributed by atoms with Crippen LogP contribution in [-0.4, -0.2) is 12.6 Å². The minimum Gasteiger partial charge on any atom is -0.315 e. The van der Waals surface area contributed by atoms with Gasteiger partial charge in [0.1, 0.15) is 5.82 Å². The summed E-state index contributed by atoms with van der Waals surface area (Å²) in [5.41, 5.74) is 0.813. The zero-order chi connectivity index (χ0) is 12.0. The lowest BCUT2D eigenvalue weighted by molar-refractivity contribution is 0.550. The van der Waals surface area contributed by atoms with Gasteiger partial charge in [-0.25, -0.2) is 4.39 Å². The molecule has 90 valence electrons. The summed E-state index contributed by atoms with van der Waals surface area (Å²) in [4.78, 5) is 0. The average Bonchev–Trinajstić information content (AvgIpc) is 2.20. The number of hydrogen-bond donors (Lipinski definition) is 1. The van der Waals surface area contributed by atoms with Crippen molar-refractivity contribution in [2.75, 3.05) is 6.54 Å². The summed E-state index contributed by atoms with van der Waals surface area (Å²) in [6.07, 6.45) is 2.94. The van der Waals surface area contributed by atoms with Crippen molar-refractivity contribution in [3.05, 3.63) is 34.1 Å². The highest BCUT2D eigenvalue weighted by molar-refractivity contribution is 9.10. The van der Waals surface area contributed by atoms with Gasteiger partial charge in [-0.3, -0.25) is 0 Å². The molecule has 0 saturated heterocycles. The van der Waals surface area contributed by atoms with Crippen molar-refractivity contribution in [3.8, 4) is 0 Å². The van der Waals surface area contributed by atoms with Crippen molar-refractivity contribution in [1.82, 2.24) is 5.32 Å². The van der Waals surface area contributed by atoms with E-state index in [1.54, 1.807) is 0 Å². The first-order valence-electron chi connectivity index (χ1n) is 5.77. The second-order valence-electron chi connectivity index (χ2n) is 4.30. The molecule has 0 bridgehead atoms. The highest BCUT2D eigenvalue weighted by Gasteiger charge is 2.02. The zero-order valence-corrected chi connectivity index (χ0v) is 11.5. The van der Waals surface area contributed by atoms with Gasteiger partial charge in [0.2, 0.25) is 0 Å². The maximum Gasteiger partial charge on any atom is 0.127 e. The van der Waals surface area contributed by atoms with Crippen molar-refractivity contribution in [2.24, 2.45) is 0 Å². The molecule has 3 heteroatoms. The van der Waals surface area contributed by atoms with Crippen LogP contribution in [0.15, 0.2) is 22.7 Å². The van der Waals surface area contributed by atoms with E-state index in [9.17, 15) is 4.39 Å². The van der Waals surface area contributed by atoms with Gasteiger partial charge >= 0.3 is 0 Å². The van der Waals surface area contributed by atoms with Crippen LogP contribution in [0.4, 0.5) is 4.39 Å². The Bertz CT molecular complexity index is 326. The fourth-order valence-electron chi connectivity index (χ4n) is 1.56. The summed E-state index contributed by atoms with van der Waals surface area (Å²) < 4.78 is 14.2. The molecule has 1 aromatic rings. The van der Waals surface area contributed by atoms with E-state index in [1.165, 1.54) is 6.07 Å². The molecule has 0 aliphatic rings. The quantitative estimate of drug-likeness (QED) is 0.783. The van der Waals surface area contributed by atoms with Gasteiger partial charge < -0.3 is 5.32 Å². The van der Waals surface area contributed by atoms with E-state index in [1.807, 2.05) is 12.1 Å². The molecular weight excluding hydrogens is 269 g/mol. The molecule has 0 aromatic heterocycles. The third-order valence-electron chi connectivity index (χ3n) is 2.44. The molecular formula is C13H19BrFN. The van der Waals surface area contributed by atoms with E-state index < -0.39 is 0 Å². The molecule has 16 heavy (non-hydrogen) atoms. The molecule has 0 unspecified atom stereocenters. The molecule has 0 heterocycles. The van der Waals surface area contributed by atoms with E-state index in [0.29, 0.717) is 6.04 Å². The number of hydrogen-bond acceptors (Lipinski definition) is 1. The summed E-state index contributed by atoms with van der Waals surface area (Å²) in [7, 11) is 0. The largest absolute Gasteiger partial charge is 0.315 e. The lowest BCUT2D eigenvalue weighted by atomic mass is 10.1. The highest BCUT2D eigenvalue weighted by Crippen LogP contribution is 2.16. The minimum atomic E-state index is -0.105. The van der Waals surface area contributed by atoms with Crippen LogP contribution in [0, 0.1) is 5.82 Å². The van der Waals surface area contributed by atoms with Crippen LogP contribution in [0.25, 0.3) is 0 Å². The van der Waals surface area contributed by atoms with E-state index in [0.717, 1.165) is 35.8 Å². The lowest BCUT2D eigenvalue weighted by Gasteiger charge is -2.08. The molecule has 0 amide bonds. The van der Waals surface area contributed by atoms with Crippen LogP contribution >= 0.6 is 15.9 Å². The summed E-state index contributed by atoms with van der Waals surface area (Å²) >= 11 is 3.26. The number of rotatable bonds is 6. The van der Waals surface area contributed by atoms with Crippen LogP contribution < -0.4 is 5.32 Å². The Balaban J connectivity index is 2.27. The Morgan fingerprint density at radius 1 is 1.31 bits per heavy atom. The number of halogens is 2. The number of aryl methyl sites for hydroxylation is 1. The lowest BCUT2D eigenvalue weighted by Crippen LogP contribution is -2.23. The molecule has 1 aromatic carbocycles. The molecule has 0 aliphatic heterocycles. The molecule has 1 nitrogen and oxygen atoms in total. The third-order valence-corrected chi connectivity index (χ3v) is 2.93. The zero-order valence-electron chi connectivity index (χ0n) is 9.89. The van der Waals surface area contributed by atoms with Gasteiger partial charge in [0.15, 0.2) is 0 Å². The van der Waals surface area contributed by atoms with Gasteiger partial charge in [-0.1, -0.05) is 35.8 Å². The van der Waals surface area contributed by atoms with Gasteiger partial charge in [-0.2, -0.15) is 0 Å². The fraction of sp³-hybridized carbons (Fsp3) is 0.538. The van der Waals surface area contributed by atoms with Crippen LogP contribution in [0.1, 0.15) is 32.3 Å². The molecule has 0 spiro atoms. The first-order valence-corrected chi connectivity index (χ1v) is 6.56. The summed E-state index contributed by atoms with van der Waals surface area (Å²) in [5.74, 6) is -0.105. The second kappa shape index (κ2) is 7.02. The standard InChI is InChI=1S/C13H19BrFN/c1-10(2)16-8-4-3-5-11-6-7-12(14)9-13(11)15/h6-7,9-10,16H,3-5,8H2,1-2H3. The topological polar surface area (TPSA) is 12.0 Å². The van der Waals surface area contributed by atoms with E-state index >= 15 is 0 Å². The predicted molar refractivity (Wildman–Crippen MR) is 70.2 cm³/mol. The number of unbranched alkanes of at least 4 members (excludes halogenated alkanes) is 1. The summed E-state index contributed by atoms with van der Waals surface area (Å²) in [6.45, 7) is 5.28. The van der Waals surface area contributed by atoms with Crippen LogP contribution in [0.2, 0.25) is 0 Å². The Kier molecular flexibility index (Phi) is 5.99. The number of benzene rings is 1. The van der Waals surface area contributed by atoms with Crippen molar-refractivity contribution < 1.29 is 4.39 Å². The Morgan fingerprint density at radius 2 is 2.06 bits per heavy atom. The average molecular weight is 288 g/mol. The van der Waals surface area contributed by atoms with Gasteiger partial charge in [0.25, 0.3) is 0 Å². The van der Waals surface area contributed by atoms with Gasteiger partial charge in [0.05, 0.1) is 0 Å². The van der Waals surface area contributed by atoms with Crippen molar-refractivity contribution >= 4 is 15.9 Å². The van der Waals surface area contributed by atoms with Crippen LogP contribution in [-0.2, 0) is 6.42 Å². The summed E-state index contributed by atoms with van der Waals surface area (Å²) in [6, 6.07) is 5.81. The molecule has 0 atom stereocenters. The van der Waals surface area contributed by atoms with E-state index in [2.05, 4.69) is 35.1 Å². The fourth-order valence-corrected chi connectivity index (χ4v) is 1.89. The Labute approximate surface area is 106 Å². The van der Waals surface area contributed by atoms with Gasteiger partial charge in [-0.05, 0) is 43.5 Å². The number of nitrogens with one attached hydrogen (secondary N) is 1. The first kappa shape index (κ1) is 13.7. The Hall–Kier alpha value is -0.410. The van der Waals surface area contributed by atoms with Crippen LogP contribution in [0.3, 0.4) is 0 Å². The van der Waals surface area contributed by atoms with Crippen molar-refractivity contribution in [3.63, 3.8) is 0 Å². The first-order chi connectivity index (χ1) is 7.59. The minimum absolute atomic E-state index is 0.105. The van der Waals surface area contributed by atoms with Crippen LogP contribution in [0.5, 0.6) is 0 Å². The van der Waals surface area contributed by atoms with E-state index in [-0.39, 0.29) is 5.82 Å². The van der Waals surface area contributed by atoms with Gasteiger partial charge in [-0.15, -0.1) is 0 Å². The smallest absolute Gasteiger partial charge is 0.127 e. The molecule has 1 rings (SSSR count). The van der Waals surface area contributed by atoms with Crippen molar-refractivity contribution in [1.29, 1.82) is 0 Å².